The third-order valence-electron chi connectivity index (χ3n) is 3.48. The summed E-state index contributed by atoms with van der Waals surface area (Å²) in [5.74, 6) is 0. The first kappa shape index (κ1) is 11.9. The maximum absolute atomic E-state index is 4.22. The van der Waals surface area contributed by atoms with Crippen molar-refractivity contribution in [3.05, 3.63) is 40.6 Å². The van der Waals surface area contributed by atoms with Crippen LogP contribution in [0.25, 0.3) is 11.1 Å². The molecule has 3 rings (SSSR count). The van der Waals surface area contributed by atoms with E-state index in [4.69, 9.17) is 0 Å². The molecule has 1 atom stereocenters. The molecule has 2 heterocycles. The highest BCUT2D eigenvalue weighted by Gasteiger charge is 2.20. The summed E-state index contributed by atoms with van der Waals surface area (Å²) < 4.78 is 1.10. The Morgan fingerprint density at radius 3 is 2.72 bits per heavy atom. The van der Waals surface area contributed by atoms with Crippen molar-refractivity contribution >= 4 is 15.9 Å². The van der Waals surface area contributed by atoms with Gasteiger partial charge >= 0.3 is 0 Å². The first-order valence-corrected chi connectivity index (χ1v) is 7.16. The topological polar surface area (TPSA) is 40.7 Å². The van der Waals surface area contributed by atoms with E-state index in [1.54, 1.807) is 0 Å². The Kier molecular flexibility index (Phi) is 3.48. The quantitative estimate of drug-likeness (QED) is 0.889. The van der Waals surface area contributed by atoms with Gasteiger partial charge < -0.3 is 5.32 Å². The van der Waals surface area contributed by atoms with E-state index < -0.39 is 0 Å². The van der Waals surface area contributed by atoms with E-state index >= 15 is 0 Å². The van der Waals surface area contributed by atoms with Crippen molar-refractivity contribution in [3.63, 3.8) is 0 Å². The molecule has 2 N–H and O–H groups in total. The zero-order valence-corrected chi connectivity index (χ0v) is 11.7. The van der Waals surface area contributed by atoms with Crippen LogP contribution in [0.2, 0.25) is 0 Å². The van der Waals surface area contributed by atoms with Gasteiger partial charge in [-0.15, -0.1) is 0 Å². The second-order valence-electron chi connectivity index (χ2n) is 4.71. The van der Waals surface area contributed by atoms with Crippen molar-refractivity contribution in [3.8, 4) is 11.1 Å². The van der Waals surface area contributed by atoms with Crippen molar-refractivity contribution in [2.45, 2.75) is 25.3 Å². The van der Waals surface area contributed by atoms with Crippen LogP contribution in [0.3, 0.4) is 0 Å². The first-order valence-electron chi connectivity index (χ1n) is 6.37. The first-order chi connectivity index (χ1) is 8.84. The Labute approximate surface area is 115 Å². The summed E-state index contributed by atoms with van der Waals surface area (Å²) in [6.45, 7) is 1.10. The van der Waals surface area contributed by atoms with Crippen LogP contribution in [0.1, 0.15) is 31.0 Å². The normalized spacial score (nSPS) is 19.9. The van der Waals surface area contributed by atoms with Gasteiger partial charge in [-0.05, 0) is 37.1 Å². The number of benzene rings is 1. The van der Waals surface area contributed by atoms with Gasteiger partial charge in [-0.2, -0.15) is 5.10 Å². The number of hydrogen-bond donors (Lipinski definition) is 2. The molecule has 0 spiro atoms. The van der Waals surface area contributed by atoms with Gasteiger partial charge in [-0.3, -0.25) is 5.10 Å². The van der Waals surface area contributed by atoms with Crippen LogP contribution in [0.5, 0.6) is 0 Å². The van der Waals surface area contributed by atoms with Crippen molar-refractivity contribution in [2.75, 3.05) is 6.54 Å². The van der Waals surface area contributed by atoms with E-state index in [0.717, 1.165) is 11.0 Å². The zero-order valence-electron chi connectivity index (χ0n) is 10.1. The van der Waals surface area contributed by atoms with Crippen LogP contribution in [-0.4, -0.2) is 16.7 Å². The van der Waals surface area contributed by atoms with E-state index in [2.05, 4.69) is 55.7 Å². The minimum Gasteiger partial charge on any atom is -0.309 e. The van der Waals surface area contributed by atoms with Crippen LogP contribution >= 0.6 is 15.9 Å². The number of nitrogens with zero attached hydrogens (tertiary/aromatic N) is 1. The van der Waals surface area contributed by atoms with E-state index in [0.29, 0.717) is 6.04 Å². The molecular formula is C14H16BrN3. The van der Waals surface area contributed by atoms with Crippen LogP contribution in [-0.2, 0) is 0 Å². The Morgan fingerprint density at radius 2 is 2.00 bits per heavy atom. The number of piperidine rings is 1. The number of halogens is 1. The van der Waals surface area contributed by atoms with Crippen molar-refractivity contribution in [1.82, 2.24) is 15.5 Å². The minimum atomic E-state index is 0.417. The molecule has 1 saturated heterocycles. The molecule has 2 aromatic rings. The smallest absolute Gasteiger partial charge is 0.0599 e. The molecule has 0 radical (unpaired) electrons. The molecule has 1 unspecified atom stereocenters. The number of aromatic nitrogens is 2. The molecule has 0 bridgehead atoms. The van der Waals surface area contributed by atoms with Gasteiger partial charge in [0.1, 0.15) is 0 Å². The zero-order chi connectivity index (χ0) is 12.4. The lowest BCUT2D eigenvalue weighted by molar-refractivity contribution is 0.405. The van der Waals surface area contributed by atoms with Crippen molar-refractivity contribution in [1.29, 1.82) is 0 Å². The molecule has 4 heteroatoms. The van der Waals surface area contributed by atoms with Crippen LogP contribution in [0, 0.1) is 0 Å². The lowest BCUT2D eigenvalue weighted by Gasteiger charge is -2.23. The Hall–Kier alpha value is -1.13. The van der Waals surface area contributed by atoms with Gasteiger partial charge in [-0.25, -0.2) is 0 Å². The SMILES string of the molecule is Brc1ccc(-c2cn[nH]c2C2CCCCN2)cc1. The average molecular weight is 306 g/mol. The van der Waals surface area contributed by atoms with Gasteiger partial charge in [0.05, 0.1) is 11.9 Å². The largest absolute Gasteiger partial charge is 0.309 e. The van der Waals surface area contributed by atoms with E-state index in [1.165, 1.54) is 36.1 Å². The fourth-order valence-electron chi connectivity index (χ4n) is 2.52. The van der Waals surface area contributed by atoms with E-state index in [9.17, 15) is 0 Å². The molecule has 1 aromatic heterocycles. The minimum absolute atomic E-state index is 0.417. The number of hydrogen-bond acceptors (Lipinski definition) is 2. The highest BCUT2D eigenvalue weighted by atomic mass is 79.9. The highest BCUT2D eigenvalue weighted by molar-refractivity contribution is 9.10. The maximum atomic E-state index is 4.22. The lowest BCUT2D eigenvalue weighted by Crippen LogP contribution is -2.27. The summed E-state index contributed by atoms with van der Waals surface area (Å²) in [6, 6.07) is 8.81. The molecule has 18 heavy (non-hydrogen) atoms. The summed E-state index contributed by atoms with van der Waals surface area (Å²) in [6.07, 6.45) is 5.68. The standard InChI is InChI=1S/C14H16BrN3/c15-11-6-4-10(5-7-11)12-9-17-18-14(12)13-3-1-2-8-16-13/h4-7,9,13,16H,1-3,8H2,(H,17,18). The van der Waals surface area contributed by atoms with Gasteiger partial charge in [0.2, 0.25) is 0 Å². The van der Waals surface area contributed by atoms with Gasteiger partial charge in [0.25, 0.3) is 0 Å². The van der Waals surface area contributed by atoms with E-state index in [1.807, 2.05) is 6.20 Å². The molecular weight excluding hydrogens is 290 g/mol. The molecule has 1 aliphatic rings. The summed E-state index contributed by atoms with van der Waals surface area (Å²) in [5, 5.41) is 10.9. The fourth-order valence-corrected chi connectivity index (χ4v) is 2.78. The Balaban J connectivity index is 1.93. The lowest BCUT2D eigenvalue weighted by atomic mass is 9.96. The number of aromatic amines is 1. The molecule has 0 saturated carbocycles. The molecule has 0 amide bonds. The molecule has 1 fully saturated rings. The third kappa shape index (κ3) is 2.35. The molecule has 1 aromatic carbocycles. The molecule has 0 aliphatic carbocycles. The predicted molar refractivity (Wildman–Crippen MR) is 76.3 cm³/mol. The Bertz CT molecular complexity index is 512. The Morgan fingerprint density at radius 1 is 1.17 bits per heavy atom. The monoisotopic (exact) mass is 305 g/mol. The van der Waals surface area contributed by atoms with Crippen LogP contribution < -0.4 is 5.32 Å². The average Bonchev–Trinajstić information content (AvgIpc) is 2.90. The predicted octanol–water partition coefficient (Wildman–Crippen LogP) is 3.65. The highest BCUT2D eigenvalue weighted by Crippen LogP contribution is 2.31. The molecule has 1 aliphatic heterocycles. The maximum Gasteiger partial charge on any atom is 0.0599 e. The molecule has 3 nitrogen and oxygen atoms in total. The summed E-state index contributed by atoms with van der Waals surface area (Å²) in [5.41, 5.74) is 3.65. The number of nitrogens with one attached hydrogen (secondary N) is 2. The summed E-state index contributed by atoms with van der Waals surface area (Å²) >= 11 is 3.47. The number of rotatable bonds is 2. The van der Waals surface area contributed by atoms with Gasteiger partial charge in [-0.1, -0.05) is 34.5 Å². The summed E-state index contributed by atoms with van der Waals surface area (Å²) in [4.78, 5) is 0. The second-order valence-corrected chi connectivity index (χ2v) is 5.62. The van der Waals surface area contributed by atoms with Crippen LogP contribution in [0.4, 0.5) is 0 Å². The summed E-state index contributed by atoms with van der Waals surface area (Å²) in [7, 11) is 0. The van der Waals surface area contributed by atoms with Crippen LogP contribution in [0.15, 0.2) is 34.9 Å². The van der Waals surface area contributed by atoms with Crippen molar-refractivity contribution < 1.29 is 0 Å². The fraction of sp³-hybridized carbons (Fsp3) is 0.357. The van der Waals surface area contributed by atoms with E-state index in [-0.39, 0.29) is 0 Å². The van der Waals surface area contributed by atoms with Gasteiger partial charge in [0.15, 0.2) is 0 Å². The number of H-pyrrole nitrogens is 1. The molecule has 94 valence electrons. The van der Waals surface area contributed by atoms with Gasteiger partial charge in [0, 0.05) is 16.1 Å². The second kappa shape index (κ2) is 5.24. The van der Waals surface area contributed by atoms with Crippen molar-refractivity contribution in [2.24, 2.45) is 0 Å². The third-order valence-corrected chi connectivity index (χ3v) is 4.01.